The summed E-state index contributed by atoms with van der Waals surface area (Å²) >= 11 is 0. The summed E-state index contributed by atoms with van der Waals surface area (Å²) in [5.41, 5.74) is 3.81. The molecule has 2 aromatic carbocycles. The van der Waals surface area contributed by atoms with E-state index >= 15 is 0 Å². The average Bonchev–Trinajstić information content (AvgIpc) is 2.95. The summed E-state index contributed by atoms with van der Waals surface area (Å²) in [5, 5.41) is 20.1. The fourth-order valence-electron chi connectivity index (χ4n) is 2.75. The Morgan fingerprint density at radius 2 is 2.00 bits per heavy atom. The average molecular weight is 304 g/mol. The molecule has 1 aliphatic rings. The number of hydrogen-bond acceptors (Lipinski definition) is 4. The van der Waals surface area contributed by atoms with Gasteiger partial charge in [-0.25, -0.2) is 4.79 Å². The zero-order chi connectivity index (χ0) is 15.8. The number of anilines is 1. The maximum atomic E-state index is 11.6. The van der Waals surface area contributed by atoms with Crippen molar-refractivity contribution in [2.45, 2.75) is 0 Å². The first-order chi connectivity index (χ1) is 11.3. The van der Waals surface area contributed by atoms with E-state index in [0.717, 1.165) is 22.2 Å². The maximum absolute atomic E-state index is 11.6. The molecule has 0 amide bonds. The summed E-state index contributed by atoms with van der Waals surface area (Å²) in [7, 11) is 0. The third-order valence-electron chi connectivity index (χ3n) is 3.77. The van der Waals surface area contributed by atoms with E-state index in [0.29, 0.717) is 11.2 Å². The van der Waals surface area contributed by atoms with Gasteiger partial charge in [-0.3, -0.25) is 10.1 Å². The van der Waals surface area contributed by atoms with Crippen molar-refractivity contribution in [3.8, 4) is 0 Å². The number of aliphatic imine (C=N–C) groups is 1. The highest BCUT2D eigenvalue weighted by molar-refractivity contribution is 6.22. The summed E-state index contributed by atoms with van der Waals surface area (Å²) in [6, 6.07) is 11.3. The first-order valence-corrected chi connectivity index (χ1v) is 7.04. The number of benzene rings is 2. The van der Waals surface area contributed by atoms with Gasteiger partial charge in [-0.2, -0.15) is 5.10 Å². The van der Waals surface area contributed by atoms with Crippen LogP contribution < -0.4 is 5.32 Å². The van der Waals surface area contributed by atoms with E-state index in [2.05, 4.69) is 20.5 Å². The molecule has 0 unspecified atom stereocenters. The molecular weight excluding hydrogens is 292 g/mol. The normalized spacial score (nSPS) is 13.1. The van der Waals surface area contributed by atoms with Crippen LogP contribution in [0.15, 0.2) is 60.0 Å². The molecule has 0 atom stereocenters. The number of nitrogens with one attached hydrogen (secondary N) is 2. The summed E-state index contributed by atoms with van der Waals surface area (Å²) in [5.74, 6) is -1.01. The highest BCUT2D eigenvalue weighted by atomic mass is 16.4. The standard InChI is InChI=1S/C17H12N4O2/c22-17(23)12-8-11-14(10-4-2-1-3-5-10)18-6-7-19-15(11)13-9-20-21-16(12)13/h1-9,19H,(H,20,21)(H,22,23). The van der Waals surface area contributed by atoms with Crippen LogP contribution in [0.2, 0.25) is 0 Å². The third kappa shape index (κ3) is 2.08. The Morgan fingerprint density at radius 3 is 2.78 bits per heavy atom. The van der Waals surface area contributed by atoms with E-state index in [-0.39, 0.29) is 5.56 Å². The molecule has 3 aromatic rings. The number of aromatic carboxylic acids is 1. The van der Waals surface area contributed by atoms with Crippen LogP contribution in [0.25, 0.3) is 10.9 Å². The Hall–Kier alpha value is -3.41. The van der Waals surface area contributed by atoms with Crippen molar-refractivity contribution in [1.82, 2.24) is 10.2 Å². The van der Waals surface area contributed by atoms with Crippen LogP contribution in [-0.2, 0) is 0 Å². The summed E-state index contributed by atoms with van der Waals surface area (Å²) in [6.07, 6.45) is 5.01. The highest BCUT2D eigenvalue weighted by Crippen LogP contribution is 2.32. The van der Waals surface area contributed by atoms with Crippen LogP contribution >= 0.6 is 0 Å². The molecule has 6 nitrogen and oxygen atoms in total. The molecule has 1 aromatic heterocycles. The van der Waals surface area contributed by atoms with Gasteiger partial charge in [0.25, 0.3) is 0 Å². The van der Waals surface area contributed by atoms with Gasteiger partial charge >= 0.3 is 5.97 Å². The SMILES string of the molecule is O=C(O)c1cc2c(c3cn[nH]c13)NC=CN=C2c1ccccc1. The van der Waals surface area contributed by atoms with Crippen molar-refractivity contribution in [3.63, 3.8) is 0 Å². The monoisotopic (exact) mass is 304 g/mol. The molecule has 23 heavy (non-hydrogen) atoms. The van der Waals surface area contributed by atoms with Crippen LogP contribution in [0.3, 0.4) is 0 Å². The Morgan fingerprint density at radius 1 is 1.17 bits per heavy atom. The minimum Gasteiger partial charge on any atom is -0.478 e. The molecule has 112 valence electrons. The number of carbonyl (C=O) groups is 1. The number of aromatic nitrogens is 2. The van der Waals surface area contributed by atoms with Crippen LogP contribution in [0.4, 0.5) is 5.69 Å². The number of carboxylic acids is 1. The lowest BCUT2D eigenvalue weighted by molar-refractivity contribution is 0.0699. The lowest BCUT2D eigenvalue weighted by Gasteiger charge is -2.13. The minimum absolute atomic E-state index is 0.170. The van der Waals surface area contributed by atoms with Gasteiger partial charge in [-0.1, -0.05) is 30.3 Å². The molecule has 3 N–H and O–H groups in total. The summed E-state index contributed by atoms with van der Waals surface area (Å²) in [6.45, 7) is 0. The predicted octanol–water partition coefficient (Wildman–Crippen LogP) is 3.00. The first-order valence-electron chi connectivity index (χ1n) is 7.04. The van der Waals surface area contributed by atoms with Crippen molar-refractivity contribution in [3.05, 3.63) is 71.7 Å². The number of nitrogens with zero attached hydrogens (tertiary/aromatic N) is 2. The molecule has 0 spiro atoms. The molecule has 1 aliphatic heterocycles. The van der Waals surface area contributed by atoms with Gasteiger partial charge in [0.2, 0.25) is 0 Å². The van der Waals surface area contributed by atoms with Gasteiger partial charge in [0, 0.05) is 28.9 Å². The van der Waals surface area contributed by atoms with Crippen LogP contribution in [0.5, 0.6) is 0 Å². The molecule has 2 heterocycles. The lowest BCUT2D eigenvalue weighted by Crippen LogP contribution is -2.08. The second-order valence-electron chi connectivity index (χ2n) is 5.11. The molecule has 0 bridgehead atoms. The van der Waals surface area contributed by atoms with Gasteiger partial charge in [0.05, 0.1) is 28.7 Å². The second-order valence-corrected chi connectivity index (χ2v) is 5.11. The first kappa shape index (κ1) is 13.3. The molecule has 6 heteroatoms. The Balaban J connectivity index is 2.06. The number of rotatable bonds is 2. The van der Waals surface area contributed by atoms with E-state index in [4.69, 9.17) is 0 Å². The topological polar surface area (TPSA) is 90.4 Å². The largest absolute Gasteiger partial charge is 0.478 e. The molecular formula is C17H12N4O2. The van der Waals surface area contributed by atoms with Gasteiger partial charge in [0.15, 0.2) is 0 Å². The number of H-pyrrole nitrogens is 1. The zero-order valence-electron chi connectivity index (χ0n) is 11.9. The number of hydrogen-bond donors (Lipinski definition) is 3. The van der Waals surface area contributed by atoms with E-state index in [9.17, 15) is 9.90 Å². The van der Waals surface area contributed by atoms with Gasteiger partial charge in [-0.05, 0) is 6.07 Å². The van der Waals surface area contributed by atoms with Crippen molar-refractivity contribution in [2.24, 2.45) is 4.99 Å². The molecule has 0 fully saturated rings. The summed E-state index contributed by atoms with van der Waals surface area (Å²) < 4.78 is 0. The van der Waals surface area contributed by atoms with E-state index in [1.165, 1.54) is 0 Å². The molecule has 0 saturated heterocycles. The van der Waals surface area contributed by atoms with E-state index < -0.39 is 5.97 Å². The summed E-state index contributed by atoms with van der Waals surface area (Å²) in [4.78, 5) is 16.1. The quantitative estimate of drug-likeness (QED) is 0.679. The van der Waals surface area contributed by atoms with E-state index in [1.807, 2.05) is 30.3 Å². The van der Waals surface area contributed by atoms with Gasteiger partial charge in [0.1, 0.15) is 0 Å². The number of carboxylic acid groups (broad SMARTS) is 1. The smallest absolute Gasteiger partial charge is 0.337 e. The van der Waals surface area contributed by atoms with Crippen molar-refractivity contribution in [1.29, 1.82) is 0 Å². The van der Waals surface area contributed by atoms with Crippen LogP contribution in [-0.4, -0.2) is 27.0 Å². The molecule has 0 aliphatic carbocycles. The van der Waals surface area contributed by atoms with Gasteiger partial charge in [-0.15, -0.1) is 0 Å². The fraction of sp³-hybridized carbons (Fsp3) is 0. The highest BCUT2D eigenvalue weighted by Gasteiger charge is 2.21. The number of aromatic amines is 1. The van der Waals surface area contributed by atoms with Crippen LogP contribution in [0.1, 0.15) is 21.5 Å². The second kappa shape index (κ2) is 5.10. The maximum Gasteiger partial charge on any atom is 0.337 e. The van der Waals surface area contributed by atoms with Crippen molar-refractivity contribution < 1.29 is 9.90 Å². The predicted molar refractivity (Wildman–Crippen MR) is 87.9 cm³/mol. The Labute approximate surface area is 131 Å². The van der Waals surface area contributed by atoms with Crippen molar-refractivity contribution in [2.75, 3.05) is 5.32 Å². The fourth-order valence-corrected chi connectivity index (χ4v) is 2.75. The lowest BCUT2D eigenvalue weighted by atomic mass is 9.96. The Bertz CT molecular complexity index is 971. The van der Waals surface area contributed by atoms with Crippen molar-refractivity contribution >= 4 is 28.3 Å². The zero-order valence-corrected chi connectivity index (χ0v) is 11.9. The molecule has 0 saturated carbocycles. The molecule has 0 radical (unpaired) electrons. The minimum atomic E-state index is -1.01. The molecule has 4 rings (SSSR count). The van der Waals surface area contributed by atoms with E-state index in [1.54, 1.807) is 24.7 Å². The number of fused-ring (bicyclic) bond motifs is 3. The third-order valence-corrected chi connectivity index (χ3v) is 3.77. The van der Waals surface area contributed by atoms with Crippen LogP contribution in [0, 0.1) is 0 Å². The Kier molecular flexibility index (Phi) is 2.94. The van der Waals surface area contributed by atoms with Gasteiger partial charge < -0.3 is 10.4 Å².